The molecule has 0 saturated heterocycles. The molecule has 112 valence electrons. The van der Waals surface area contributed by atoms with Crippen LogP contribution in [-0.4, -0.2) is 29.4 Å². The minimum absolute atomic E-state index is 0.154. The monoisotopic (exact) mass is 280 g/mol. The van der Waals surface area contributed by atoms with E-state index in [1.54, 1.807) is 24.3 Å². The topological polar surface area (TPSA) is 81.6 Å². The van der Waals surface area contributed by atoms with Crippen molar-refractivity contribution in [2.24, 2.45) is 5.92 Å². The standard InChI is InChI=1S/C15H24N2O3/c1-2-3-12(8-9-18)10-16-15(20)17-11-13-4-6-14(19)7-5-13/h4-7,12,18-19H,2-3,8-11H2,1H3,(H2,16,17,20). The Morgan fingerprint density at radius 1 is 1.20 bits per heavy atom. The van der Waals surface area contributed by atoms with Gasteiger partial charge in [0.05, 0.1) is 0 Å². The third kappa shape index (κ3) is 6.43. The molecule has 4 N–H and O–H groups in total. The highest BCUT2D eigenvalue weighted by Gasteiger charge is 2.09. The van der Waals surface area contributed by atoms with E-state index in [1.807, 2.05) is 0 Å². The SMILES string of the molecule is CCCC(CCO)CNC(=O)NCc1ccc(O)cc1. The number of hydrogen-bond acceptors (Lipinski definition) is 3. The van der Waals surface area contributed by atoms with Crippen molar-refractivity contribution in [3.05, 3.63) is 29.8 Å². The van der Waals surface area contributed by atoms with Crippen LogP contribution in [0.15, 0.2) is 24.3 Å². The van der Waals surface area contributed by atoms with Crippen LogP contribution in [0.2, 0.25) is 0 Å². The normalized spacial score (nSPS) is 11.9. The number of phenols is 1. The molecule has 0 bridgehead atoms. The largest absolute Gasteiger partial charge is 0.508 e. The minimum atomic E-state index is -0.211. The molecule has 0 saturated carbocycles. The van der Waals surface area contributed by atoms with Crippen molar-refractivity contribution in [3.63, 3.8) is 0 Å². The average molecular weight is 280 g/mol. The number of hydrogen-bond donors (Lipinski definition) is 4. The molecule has 0 fully saturated rings. The fourth-order valence-electron chi connectivity index (χ4n) is 2.03. The Kier molecular flexibility index (Phi) is 7.50. The summed E-state index contributed by atoms with van der Waals surface area (Å²) in [7, 11) is 0. The first-order chi connectivity index (χ1) is 9.65. The Bertz CT molecular complexity index is 387. The molecule has 1 unspecified atom stereocenters. The van der Waals surface area contributed by atoms with Gasteiger partial charge in [0, 0.05) is 19.7 Å². The molecule has 0 spiro atoms. The van der Waals surface area contributed by atoms with Gasteiger partial charge in [-0.25, -0.2) is 4.79 Å². The van der Waals surface area contributed by atoms with E-state index in [9.17, 15) is 4.79 Å². The molecule has 0 aliphatic carbocycles. The molecule has 1 aromatic carbocycles. The van der Waals surface area contributed by atoms with Crippen LogP contribution in [0.5, 0.6) is 5.75 Å². The van der Waals surface area contributed by atoms with Crippen molar-refractivity contribution in [2.45, 2.75) is 32.7 Å². The van der Waals surface area contributed by atoms with Crippen LogP contribution >= 0.6 is 0 Å². The molecule has 5 heteroatoms. The second-order valence-corrected chi connectivity index (χ2v) is 4.90. The third-order valence-corrected chi connectivity index (χ3v) is 3.17. The van der Waals surface area contributed by atoms with Crippen LogP contribution in [0.1, 0.15) is 31.7 Å². The lowest BCUT2D eigenvalue weighted by Gasteiger charge is -2.16. The quantitative estimate of drug-likeness (QED) is 0.588. The van der Waals surface area contributed by atoms with Crippen LogP contribution in [0.3, 0.4) is 0 Å². The molecule has 5 nitrogen and oxygen atoms in total. The maximum absolute atomic E-state index is 11.7. The van der Waals surface area contributed by atoms with E-state index in [4.69, 9.17) is 10.2 Å². The van der Waals surface area contributed by atoms with Crippen molar-refractivity contribution in [2.75, 3.05) is 13.2 Å². The molecule has 0 radical (unpaired) electrons. The van der Waals surface area contributed by atoms with Gasteiger partial charge in [-0.1, -0.05) is 25.5 Å². The number of benzene rings is 1. The number of phenolic OH excluding ortho intramolecular Hbond substituents is 1. The first-order valence-electron chi connectivity index (χ1n) is 7.06. The van der Waals surface area contributed by atoms with Crippen LogP contribution in [-0.2, 0) is 6.54 Å². The van der Waals surface area contributed by atoms with Crippen molar-refractivity contribution in [1.82, 2.24) is 10.6 Å². The van der Waals surface area contributed by atoms with Crippen molar-refractivity contribution in [3.8, 4) is 5.75 Å². The number of carbonyl (C=O) groups excluding carboxylic acids is 1. The lowest BCUT2D eigenvalue weighted by molar-refractivity contribution is 0.229. The van der Waals surface area contributed by atoms with Gasteiger partial charge in [0.15, 0.2) is 0 Å². The fourth-order valence-corrected chi connectivity index (χ4v) is 2.03. The Morgan fingerprint density at radius 2 is 1.90 bits per heavy atom. The van der Waals surface area contributed by atoms with E-state index in [-0.39, 0.29) is 18.4 Å². The molecule has 0 aliphatic rings. The number of urea groups is 1. The second kappa shape index (κ2) is 9.20. The molecule has 0 aliphatic heterocycles. The van der Waals surface area contributed by atoms with E-state index in [1.165, 1.54) is 0 Å². The molecular weight excluding hydrogens is 256 g/mol. The van der Waals surface area contributed by atoms with Gasteiger partial charge in [-0.15, -0.1) is 0 Å². The molecule has 20 heavy (non-hydrogen) atoms. The molecule has 1 aromatic rings. The number of aliphatic hydroxyl groups is 1. The van der Waals surface area contributed by atoms with E-state index in [2.05, 4.69) is 17.6 Å². The number of aromatic hydroxyl groups is 1. The van der Waals surface area contributed by atoms with Gasteiger partial charge in [-0.3, -0.25) is 0 Å². The van der Waals surface area contributed by atoms with Gasteiger partial charge in [0.1, 0.15) is 5.75 Å². The van der Waals surface area contributed by atoms with Crippen molar-refractivity contribution in [1.29, 1.82) is 0 Å². The summed E-state index contributed by atoms with van der Waals surface area (Å²) in [6.45, 7) is 3.25. The summed E-state index contributed by atoms with van der Waals surface area (Å²) in [4.78, 5) is 11.7. The Morgan fingerprint density at radius 3 is 2.50 bits per heavy atom. The van der Waals surface area contributed by atoms with E-state index >= 15 is 0 Å². The average Bonchev–Trinajstić information content (AvgIpc) is 2.44. The minimum Gasteiger partial charge on any atom is -0.508 e. The summed E-state index contributed by atoms with van der Waals surface area (Å²) < 4.78 is 0. The van der Waals surface area contributed by atoms with Gasteiger partial charge in [-0.2, -0.15) is 0 Å². The van der Waals surface area contributed by atoms with E-state index < -0.39 is 0 Å². The van der Waals surface area contributed by atoms with E-state index in [0.717, 1.165) is 18.4 Å². The molecule has 1 atom stereocenters. The fraction of sp³-hybridized carbons (Fsp3) is 0.533. The number of carbonyl (C=O) groups is 1. The summed E-state index contributed by atoms with van der Waals surface area (Å²) >= 11 is 0. The first kappa shape index (κ1) is 16.3. The number of amides is 2. The number of nitrogens with one attached hydrogen (secondary N) is 2. The van der Waals surface area contributed by atoms with Gasteiger partial charge in [0.2, 0.25) is 0 Å². The van der Waals surface area contributed by atoms with Gasteiger partial charge in [0.25, 0.3) is 0 Å². The number of aliphatic hydroxyl groups excluding tert-OH is 1. The summed E-state index contributed by atoms with van der Waals surface area (Å²) in [5, 5.41) is 23.7. The van der Waals surface area contributed by atoms with Crippen LogP contribution in [0.25, 0.3) is 0 Å². The predicted molar refractivity (Wildman–Crippen MR) is 78.4 cm³/mol. The second-order valence-electron chi connectivity index (χ2n) is 4.90. The summed E-state index contributed by atoms with van der Waals surface area (Å²) in [5.41, 5.74) is 0.929. The predicted octanol–water partition coefficient (Wildman–Crippen LogP) is 1.99. The highest BCUT2D eigenvalue weighted by atomic mass is 16.3. The highest BCUT2D eigenvalue weighted by Crippen LogP contribution is 2.10. The van der Waals surface area contributed by atoms with Crippen molar-refractivity contribution < 1.29 is 15.0 Å². The zero-order valence-corrected chi connectivity index (χ0v) is 11.9. The lowest BCUT2D eigenvalue weighted by Crippen LogP contribution is -2.38. The molecular formula is C15H24N2O3. The highest BCUT2D eigenvalue weighted by molar-refractivity contribution is 5.73. The first-order valence-corrected chi connectivity index (χ1v) is 7.06. The van der Waals surface area contributed by atoms with E-state index in [0.29, 0.717) is 25.4 Å². The molecule has 0 heterocycles. The van der Waals surface area contributed by atoms with Crippen LogP contribution in [0.4, 0.5) is 4.79 Å². The Hall–Kier alpha value is -1.75. The summed E-state index contributed by atoms with van der Waals surface area (Å²) in [6, 6.07) is 6.50. The van der Waals surface area contributed by atoms with Crippen LogP contribution in [0, 0.1) is 5.92 Å². The molecule has 2 amide bonds. The lowest BCUT2D eigenvalue weighted by atomic mass is 10.0. The van der Waals surface area contributed by atoms with Crippen molar-refractivity contribution >= 4 is 6.03 Å². The summed E-state index contributed by atoms with van der Waals surface area (Å²) in [6.07, 6.45) is 2.76. The Labute approximate surface area is 120 Å². The summed E-state index contributed by atoms with van der Waals surface area (Å²) in [5.74, 6) is 0.536. The zero-order chi connectivity index (χ0) is 14.8. The zero-order valence-electron chi connectivity index (χ0n) is 11.9. The third-order valence-electron chi connectivity index (χ3n) is 3.17. The van der Waals surface area contributed by atoms with Gasteiger partial charge < -0.3 is 20.8 Å². The smallest absolute Gasteiger partial charge is 0.315 e. The number of rotatable bonds is 8. The maximum atomic E-state index is 11.7. The Balaban J connectivity index is 2.27. The molecule has 0 aromatic heterocycles. The maximum Gasteiger partial charge on any atom is 0.315 e. The molecule has 1 rings (SSSR count). The van der Waals surface area contributed by atoms with Gasteiger partial charge in [-0.05, 0) is 36.5 Å². The van der Waals surface area contributed by atoms with Crippen LogP contribution < -0.4 is 10.6 Å². The van der Waals surface area contributed by atoms with Gasteiger partial charge >= 0.3 is 6.03 Å².